The molecule has 2 aromatic heterocycles. The molecule has 6 nitrogen and oxygen atoms in total. The summed E-state index contributed by atoms with van der Waals surface area (Å²) in [6.07, 6.45) is 3.49. The molecule has 0 aliphatic rings. The van der Waals surface area contributed by atoms with Crippen LogP contribution in [-0.4, -0.2) is 34.9 Å². The summed E-state index contributed by atoms with van der Waals surface area (Å²) in [6, 6.07) is 5.72. The van der Waals surface area contributed by atoms with E-state index in [1.165, 1.54) is 18.3 Å². The molecule has 0 spiro atoms. The van der Waals surface area contributed by atoms with Crippen LogP contribution in [0.2, 0.25) is 0 Å². The van der Waals surface area contributed by atoms with Gasteiger partial charge in [-0.15, -0.1) is 11.3 Å². The zero-order chi connectivity index (χ0) is 16.5. The summed E-state index contributed by atoms with van der Waals surface area (Å²) in [7, 11) is 0. The second kappa shape index (κ2) is 8.99. The minimum Gasteiger partial charge on any atom is -0.356 e. The van der Waals surface area contributed by atoms with Crippen molar-refractivity contribution in [1.29, 1.82) is 0 Å². The maximum atomic E-state index is 11.8. The highest BCUT2D eigenvalue weighted by Gasteiger charge is 2.07. The molecule has 2 N–H and O–H groups in total. The largest absolute Gasteiger partial charge is 0.356 e. The lowest BCUT2D eigenvalue weighted by Gasteiger charge is -2.05. The van der Waals surface area contributed by atoms with E-state index in [-0.39, 0.29) is 11.8 Å². The van der Waals surface area contributed by atoms with E-state index in [0.717, 1.165) is 22.8 Å². The van der Waals surface area contributed by atoms with Crippen molar-refractivity contribution in [3.8, 4) is 10.7 Å². The second-order valence-electron chi connectivity index (χ2n) is 5.05. The summed E-state index contributed by atoms with van der Waals surface area (Å²) in [5.41, 5.74) is 1.76. The van der Waals surface area contributed by atoms with Gasteiger partial charge in [-0.25, -0.2) is 4.98 Å². The van der Waals surface area contributed by atoms with Crippen molar-refractivity contribution < 1.29 is 9.59 Å². The van der Waals surface area contributed by atoms with E-state index in [0.29, 0.717) is 25.9 Å². The molecule has 0 saturated carbocycles. The molecule has 0 atom stereocenters. The number of carbonyl (C=O) groups excluding carboxylic acids is 2. The third-order valence-electron chi connectivity index (χ3n) is 3.09. The number of hydrogen-bond acceptors (Lipinski definition) is 5. The van der Waals surface area contributed by atoms with Gasteiger partial charge < -0.3 is 10.6 Å². The maximum absolute atomic E-state index is 11.8. The molecule has 2 heterocycles. The van der Waals surface area contributed by atoms with Crippen LogP contribution in [0, 0.1) is 0 Å². The lowest BCUT2D eigenvalue weighted by atomic mass is 10.2. The van der Waals surface area contributed by atoms with E-state index in [2.05, 4.69) is 20.6 Å². The minimum absolute atomic E-state index is 0.000195. The average molecular weight is 332 g/mol. The van der Waals surface area contributed by atoms with Crippen LogP contribution in [0.3, 0.4) is 0 Å². The highest BCUT2D eigenvalue weighted by molar-refractivity contribution is 7.13. The van der Waals surface area contributed by atoms with Gasteiger partial charge in [0.05, 0.1) is 11.4 Å². The normalized spacial score (nSPS) is 10.3. The molecule has 0 unspecified atom stereocenters. The van der Waals surface area contributed by atoms with Gasteiger partial charge in [0.25, 0.3) is 0 Å². The number of pyridine rings is 1. The summed E-state index contributed by atoms with van der Waals surface area (Å²) in [5, 5.41) is 8.37. The topological polar surface area (TPSA) is 84.0 Å². The second-order valence-corrected chi connectivity index (χ2v) is 5.90. The van der Waals surface area contributed by atoms with Gasteiger partial charge in [-0.3, -0.25) is 14.6 Å². The molecule has 2 rings (SSSR count). The number of carbonyl (C=O) groups is 2. The Morgan fingerprint density at radius 3 is 2.78 bits per heavy atom. The average Bonchev–Trinajstić information content (AvgIpc) is 3.02. The Labute approximate surface area is 139 Å². The van der Waals surface area contributed by atoms with Gasteiger partial charge >= 0.3 is 0 Å². The Morgan fingerprint density at radius 2 is 2.04 bits per heavy atom. The smallest absolute Gasteiger partial charge is 0.220 e. The maximum Gasteiger partial charge on any atom is 0.220 e. The molecule has 122 valence electrons. The monoisotopic (exact) mass is 332 g/mol. The van der Waals surface area contributed by atoms with Gasteiger partial charge in [0.1, 0.15) is 5.01 Å². The van der Waals surface area contributed by atoms with E-state index in [9.17, 15) is 9.59 Å². The summed E-state index contributed by atoms with van der Waals surface area (Å²) in [5.74, 6) is -0.0521. The Balaban J connectivity index is 1.69. The molecular weight excluding hydrogens is 312 g/mol. The molecule has 23 heavy (non-hydrogen) atoms. The van der Waals surface area contributed by atoms with Crippen LogP contribution in [0.5, 0.6) is 0 Å². The summed E-state index contributed by atoms with van der Waals surface area (Å²) >= 11 is 1.54. The fraction of sp³-hybridized carbons (Fsp3) is 0.375. The molecular formula is C16H20N4O2S. The van der Waals surface area contributed by atoms with Crippen molar-refractivity contribution in [3.63, 3.8) is 0 Å². The molecule has 2 aromatic rings. The van der Waals surface area contributed by atoms with E-state index in [1.54, 1.807) is 6.20 Å². The van der Waals surface area contributed by atoms with Crippen molar-refractivity contribution in [2.45, 2.75) is 26.2 Å². The zero-order valence-electron chi connectivity index (χ0n) is 13.0. The molecule has 0 aliphatic carbocycles. The molecule has 0 fully saturated rings. The number of aryl methyl sites for hydroxylation is 1. The Kier molecular flexibility index (Phi) is 6.68. The van der Waals surface area contributed by atoms with Crippen LogP contribution in [-0.2, 0) is 16.0 Å². The fourth-order valence-electron chi connectivity index (χ4n) is 1.94. The fourth-order valence-corrected chi connectivity index (χ4v) is 2.77. The van der Waals surface area contributed by atoms with Gasteiger partial charge in [0, 0.05) is 38.0 Å². The van der Waals surface area contributed by atoms with E-state index in [4.69, 9.17) is 0 Å². The van der Waals surface area contributed by atoms with Crippen LogP contribution in [0.4, 0.5) is 0 Å². The minimum atomic E-state index is -0.0523. The Morgan fingerprint density at radius 1 is 1.22 bits per heavy atom. The zero-order valence-corrected chi connectivity index (χ0v) is 13.9. The third-order valence-corrected chi connectivity index (χ3v) is 4.01. The van der Waals surface area contributed by atoms with Crippen LogP contribution in [0.15, 0.2) is 29.8 Å². The van der Waals surface area contributed by atoms with Crippen LogP contribution in [0.1, 0.15) is 25.5 Å². The lowest BCUT2D eigenvalue weighted by Crippen LogP contribution is -2.28. The third kappa shape index (κ3) is 6.15. The number of amides is 2. The number of rotatable bonds is 8. The van der Waals surface area contributed by atoms with E-state index in [1.807, 2.05) is 23.6 Å². The molecule has 0 saturated heterocycles. The van der Waals surface area contributed by atoms with Crippen molar-refractivity contribution in [2.75, 3.05) is 13.1 Å². The van der Waals surface area contributed by atoms with Crippen molar-refractivity contribution in [1.82, 2.24) is 20.6 Å². The first-order chi connectivity index (χ1) is 11.1. The van der Waals surface area contributed by atoms with E-state index < -0.39 is 0 Å². The first-order valence-corrected chi connectivity index (χ1v) is 8.40. The van der Waals surface area contributed by atoms with Gasteiger partial charge in [-0.05, 0) is 25.0 Å². The number of thiazole rings is 1. The number of aromatic nitrogens is 2. The molecule has 0 aromatic carbocycles. The van der Waals surface area contributed by atoms with Gasteiger partial charge in [-0.1, -0.05) is 6.07 Å². The number of nitrogens with one attached hydrogen (secondary N) is 2. The van der Waals surface area contributed by atoms with Gasteiger partial charge in [-0.2, -0.15) is 0 Å². The lowest BCUT2D eigenvalue weighted by molar-refractivity contribution is -0.121. The standard InChI is InChI=1S/C16H20N4O2S/c1-12(21)17-9-4-10-19-15(22)7-6-13-11-23-16(20-13)14-5-2-3-8-18-14/h2-3,5,8,11H,4,6-7,9-10H2,1H3,(H,17,21)(H,19,22). The summed E-state index contributed by atoms with van der Waals surface area (Å²) in [6.45, 7) is 2.62. The van der Waals surface area contributed by atoms with Crippen molar-refractivity contribution in [2.24, 2.45) is 0 Å². The van der Waals surface area contributed by atoms with Crippen molar-refractivity contribution >= 4 is 23.2 Å². The van der Waals surface area contributed by atoms with E-state index >= 15 is 0 Å². The first-order valence-electron chi connectivity index (χ1n) is 7.52. The van der Waals surface area contributed by atoms with Crippen molar-refractivity contribution in [3.05, 3.63) is 35.5 Å². The SMILES string of the molecule is CC(=O)NCCCNC(=O)CCc1csc(-c2ccccn2)n1. The molecule has 0 bridgehead atoms. The summed E-state index contributed by atoms with van der Waals surface area (Å²) < 4.78 is 0. The number of hydrogen-bond donors (Lipinski definition) is 2. The number of nitrogens with zero attached hydrogens (tertiary/aromatic N) is 2. The Bertz CT molecular complexity index is 643. The predicted octanol–water partition coefficient (Wildman–Crippen LogP) is 1.78. The molecule has 2 amide bonds. The summed E-state index contributed by atoms with van der Waals surface area (Å²) in [4.78, 5) is 31.2. The molecule has 0 aliphatic heterocycles. The molecule has 7 heteroatoms. The van der Waals surface area contributed by atoms with Gasteiger partial charge in [0.2, 0.25) is 11.8 Å². The quantitative estimate of drug-likeness (QED) is 0.722. The van der Waals surface area contributed by atoms with Crippen LogP contribution < -0.4 is 10.6 Å². The Hall–Kier alpha value is -2.28. The molecule has 0 radical (unpaired) electrons. The first kappa shape index (κ1) is 17.1. The highest BCUT2D eigenvalue weighted by Crippen LogP contribution is 2.21. The van der Waals surface area contributed by atoms with Gasteiger partial charge in [0.15, 0.2) is 0 Å². The van der Waals surface area contributed by atoms with Crippen LogP contribution in [0.25, 0.3) is 10.7 Å². The van der Waals surface area contributed by atoms with Crippen LogP contribution >= 0.6 is 11.3 Å². The predicted molar refractivity (Wildman–Crippen MR) is 90.0 cm³/mol. The highest BCUT2D eigenvalue weighted by atomic mass is 32.1.